The summed E-state index contributed by atoms with van der Waals surface area (Å²) in [5, 5.41) is 0. The van der Waals surface area contributed by atoms with Crippen molar-refractivity contribution in [2.75, 3.05) is 27.3 Å². The molecule has 0 fully saturated rings. The first-order valence-electron chi connectivity index (χ1n) is 7.38. The van der Waals surface area contributed by atoms with Crippen LogP contribution in [0, 0.1) is 5.82 Å². The largest absolute Gasteiger partial charge is 0.497 e. The van der Waals surface area contributed by atoms with Gasteiger partial charge in [-0.15, -0.1) is 0 Å². The molecule has 0 spiro atoms. The van der Waals surface area contributed by atoms with Crippen LogP contribution in [0.25, 0.3) is 0 Å². The Bertz CT molecular complexity index is 572. The summed E-state index contributed by atoms with van der Waals surface area (Å²) in [7, 11) is 3.63. The van der Waals surface area contributed by atoms with E-state index in [0.29, 0.717) is 13.2 Å². The van der Waals surface area contributed by atoms with Crippen LogP contribution in [0.2, 0.25) is 0 Å². The van der Waals surface area contributed by atoms with Crippen LogP contribution in [0.1, 0.15) is 12.0 Å². The summed E-state index contributed by atoms with van der Waals surface area (Å²) >= 11 is 0. The lowest BCUT2D eigenvalue weighted by molar-refractivity contribution is 0.257. The molecule has 2 aromatic rings. The van der Waals surface area contributed by atoms with E-state index in [0.717, 1.165) is 30.0 Å². The molecule has 0 aliphatic heterocycles. The van der Waals surface area contributed by atoms with Crippen molar-refractivity contribution in [2.45, 2.75) is 13.0 Å². The highest BCUT2D eigenvalue weighted by Gasteiger charge is 2.05. The number of hydrogen-bond donors (Lipinski definition) is 0. The number of methoxy groups -OCH3 is 1. The minimum absolute atomic E-state index is 0.149. The van der Waals surface area contributed by atoms with Crippen molar-refractivity contribution < 1.29 is 13.9 Å². The van der Waals surface area contributed by atoms with Gasteiger partial charge in [-0.25, -0.2) is 4.39 Å². The molecule has 0 N–H and O–H groups in total. The topological polar surface area (TPSA) is 21.7 Å². The van der Waals surface area contributed by atoms with Crippen molar-refractivity contribution in [3.63, 3.8) is 0 Å². The Morgan fingerprint density at radius 3 is 2.36 bits per heavy atom. The van der Waals surface area contributed by atoms with E-state index in [1.807, 2.05) is 43.4 Å². The van der Waals surface area contributed by atoms with E-state index in [4.69, 9.17) is 9.47 Å². The van der Waals surface area contributed by atoms with E-state index in [9.17, 15) is 4.39 Å². The molecular weight excluding hydrogens is 281 g/mol. The van der Waals surface area contributed by atoms with E-state index < -0.39 is 0 Å². The third-order valence-electron chi connectivity index (χ3n) is 3.41. The van der Waals surface area contributed by atoms with Crippen molar-refractivity contribution in [3.8, 4) is 11.5 Å². The molecule has 0 atom stereocenters. The van der Waals surface area contributed by atoms with E-state index in [-0.39, 0.29) is 5.82 Å². The molecule has 2 aromatic carbocycles. The smallest absolute Gasteiger partial charge is 0.127 e. The number of benzene rings is 2. The molecule has 2 rings (SSSR count). The van der Waals surface area contributed by atoms with Gasteiger partial charge in [-0.2, -0.15) is 0 Å². The molecule has 0 unspecified atom stereocenters. The Morgan fingerprint density at radius 1 is 1.00 bits per heavy atom. The van der Waals surface area contributed by atoms with Crippen LogP contribution >= 0.6 is 0 Å². The molecule has 0 aromatic heterocycles. The van der Waals surface area contributed by atoms with Crippen LogP contribution in [0.3, 0.4) is 0 Å². The van der Waals surface area contributed by atoms with Crippen molar-refractivity contribution in [1.82, 2.24) is 4.90 Å². The number of hydrogen-bond acceptors (Lipinski definition) is 3. The molecule has 0 amide bonds. The lowest BCUT2D eigenvalue weighted by Crippen LogP contribution is -2.21. The van der Waals surface area contributed by atoms with E-state index in [1.54, 1.807) is 13.2 Å². The van der Waals surface area contributed by atoms with Crippen molar-refractivity contribution in [1.29, 1.82) is 0 Å². The van der Waals surface area contributed by atoms with Crippen LogP contribution < -0.4 is 9.47 Å². The van der Waals surface area contributed by atoms with Crippen molar-refractivity contribution >= 4 is 0 Å². The number of nitrogens with zero attached hydrogens (tertiary/aromatic N) is 1. The fraction of sp³-hybridized carbons (Fsp3) is 0.333. The highest BCUT2D eigenvalue weighted by atomic mass is 19.1. The van der Waals surface area contributed by atoms with Gasteiger partial charge in [0.2, 0.25) is 0 Å². The lowest BCUT2D eigenvalue weighted by Gasteiger charge is -2.17. The Hall–Kier alpha value is -2.07. The first kappa shape index (κ1) is 16.3. The molecule has 0 aliphatic carbocycles. The summed E-state index contributed by atoms with van der Waals surface area (Å²) in [4.78, 5) is 2.09. The molecule has 0 aliphatic rings. The van der Waals surface area contributed by atoms with Crippen LogP contribution in [0.15, 0.2) is 48.5 Å². The fourth-order valence-corrected chi connectivity index (χ4v) is 2.19. The SMILES string of the molecule is COc1ccc(OCCCN(C)Cc2ccccc2F)cc1. The normalized spacial score (nSPS) is 10.7. The predicted octanol–water partition coefficient (Wildman–Crippen LogP) is 3.74. The van der Waals surface area contributed by atoms with Crippen molar-refractivity contribution in [2.24, 2.45) is 0 Å². The lowest BCUT2D eigenvalue weighted by atomic mass is 10.2. The molecule has 0 bridgehead atoms. The first-order chi connectivity index (χ1) is 10.7. The molecular formula is C18H22FNO2. The van der Waals surface area contributed by atoms with Gasteiger partial charge in [0.1, 0.15) is 17.3 Å². The fourth-order valence-electron chi connectivity index (χ4n) is 2.19. The van der Waals surface area contributed by atoms with E-state index in [2.05, 4.69) is 4.90 Å². The van der Waals surface area contributed by atoms with Gasteiger partial charge in [0.15, 0.2) is 0 Å². The monoisotopic (exact) mass is 303 g/mol. The van der Waals surface area contributed by atoms with Gasteiger partial charge >= 0.3 is 0 Å². The Kier molecular flexibility index (Phi) is 6.22. The number of halogens is 1. The summed E-state index contributed by atoms with van der Waals surface area (Å²) in [5.74, 6) is 1.50. The second-order valence-corrected chi connectivity index (χ2v) is 5.21. The number of ether oxygens (including phenoxy) is 2. The number of rotatable bonds is 8. The molecule has 118 valence electrons. The van der Waals surface area contributed by atoms with Crippen LogP contribution in [-0.4, -0.2) is 32.2 Å². The maximum absolute atomic E-state index is 13.6. The summed E-state index contributed by atoms with van der Waals surface area (Å²) in [6.07, 6.45) is 0.886. The summed E-state index contributed by atoms with van der Waals surface area (Å²) in [6.45, 7) is 2.09. The minimum Gasteiger partial charge on any atom is -0.497 e. The van der Waals surface area contributed by atoms with Gasteiger partial charge in [0.05, 0.1) is 13.7 Å². The Morgan fingerprint density at radius 2 is 1.68 bits per heavy atom. The minimum atomic E-state index is -0.149. The second-order valence-electron chi connectivity index (χ2n) is 5.21. The van der Waals surface area contributed by atoms with Gasteiger partial charge < -0.3 is 14.4 Å². The van der Waals surface area contributed by atoms with Gasteiger partial charge in [0.25, 0.3) is 0 Å². The Balaban J connectivity index is 1.68. The third-order valence-corrected chi connectivity index (χ3v) is 3.41. The third kappa shape index (κ3) is 5.04. The molecule has 0 saturated carbocycles. The zero-order valence-electron chi connectivity index (χ0n) is 13.1. The molecule has 3 nitrogen and oxygen atoms in total. The van der Waals surface area contributed by atoms with Gasteiger partial charge in [-0.05, 0) is 43.8 Å². The molecule has 0 radical (unpaired) electrons. The zero-order valence-corrected chi connectivity index (χ0v) is 13.1. The molecule has 0 saturated heterocycles. The van der Waals surface area contributed by atoms with Crippen LogP contribution in [-0.2, 0) is 6.54 Å². The highest BCUT2D eigenvalue weighted by molar-refractivity contribution is 5.31. The standard InChI is InChI=1S/C18H22FNO2/c1-20(14-15-6-3-4-7-18(15)19)12-5-13-22-17-10-8-16(21-2)9-11-17/h3-4,6-11H,5,12-14H2,1-2H3. The van der Waals surface area contributed by atoms with Gasteiger partial charge in [-0.3, -0.25) is 0 Å². The maximum atomic E-state index is 13.6. The van der Waals surface area contributed by atoms with E-state index >= 15 is 0 Å². The first-order valence-corrected chi connectivity index (χ1v) is 7.38. The van der Waals surface area contributed by atoms with Crippen LogP contribution in [0.4, 0.5) is 4.39 Å². The summed E-state index contributed by atoms with van der Waals surface area (Å²) < 4.78 is 24.3. The van der Waals surface area contributed by atoms with Gasteiger partial charge in [0, 0.05) is 18.7 Å². The predicted molar refractivity (Wildman–Crippen MR) is 85.8 cm³/mol. The summed E-state index contributed by atoms with van der Waals surface area (Å²) in [6, 6.07) is 14.4. The second kappa shape index (κ2) is 8.39. The molecule has 22 heavy (non-hydrogen) atoms. The quantitative estimate of drug-likeness (QED) is 0.694. The van der Waals surface area contributed by atoms with Gasteiger partial charge in [-0.1, -0.05) is 18.2 Å². The highest BCUT2D eigenvalue weighted by Crippen LogP contribution is 2.17. The van der Waals surface area contributed by atoms with Crippen LogP contribution in [0.5, 0.6) is 11.5 Å². The average molecular weight is 303 g/mol. The maximum Gasteiger partial charge on any atom is 0.127 e. The molecule has 0 heterocycles. The van der Waals surface area contributed by atoms with Crippen molar-refractivity contribution in [3.05, 3.63) is 59.9 Å². The molecule has 4 heteroatoms. The Labute approximate surface area is 131 Å². The van der Waals surface area contributed by atoms with E-state index in [1.165, 1.54) is 6.07 Å². The summed E-state index contributed by atoms with van der Waals surface area (Å²) in [5.41, 5.74) is 0.723. The zero-order chi connectivity index (χ0) is 15.8. The average Bonchev–Trinajstić information content (AvgIpc) is 2.54.